The molecule has 4 aromatic rings. The van der Waals surface area contributed by atoms with E-state index >= 15 is 0 Å². The summed E-state index contributed by atoms with van der Waals surface area (Å²) in [5.41, 5.74) is 0.521. The summed E-state index contributed by atoms with van der Waals surface area (Å²) in [5.74, 6) is 1.38. The molecular formula is C27H26O4. The summed E-state index contributed by atoms with van der Waals surface area (Å²) < 4.78 is 16.7. The van der Waals surface area contributed by atoms with E-state index in [1.807, 2.05) is 0 Å². The molecule has 0 fully saturated rings. The minimum absolute atomic E-state index is 0.342. The average Bonchev–Trinajstić information content (AvgIpc) is 2.82. The van der Waals surface area contributed by atoms with E-state index in [0.29, 0.717) is 18.8 Å². The van der Waals surface area contributed by atoms with E-state index in [1.165, 1.54) is 17.9 Å². The van der Waals surface area contributed by atoms with Crippen LogP contribution >= 0.6 is 0 Å². The molecule has 0 heterocycles. The molecule has 4 nitrogen and oxygen atoms in total. The highest BCUT2D eigenvalue weighted by atomic mass is 16.5. The average molecular weight is 415 g/mol. The van der Waals surface area contributed by atoms with Gasteiger partial charge in [0.25, 0.3) is 0 Å². The van der Waals surface area contributed by atoms with Crippen molar-refractivity contribution >= 4 is 27.5 Å². The van der Waals surface area contributed by atoms with Gasteiger partial charge in [-0.2, -0.15) is 0 Å². The van der Waals surface area contributed by atoms with Crippen molar-refractivity contribution in [1.29, 1.82) is 0 Å². The van der Waals surface area contributed by atoms with Crippen molar-refractivity contribution in [2.45, 2.75) is 19.3 Å². The number of unbranched alkanes of at least 4 members (excludes halogenated alkanes) is 2. The highest BCUT2D eigenvalue weighted by molar-refractivity contribution is 6.05. The molecule has 31 heavy (non-hydrogen) atoms. The molecule has 4 rings (SSSR count). The molecule has 0 aromatic heterocycles. The molecule has 0 atom stereocenters. The fourth-order valence-electron chi connectivity index (χ4n) is 3.68. The second-order valence-corrected chi connectivity index (χ2v) is 7.42. The second-order valence-electron chi connectivity index (χ2n) is 7.42. The second kappa shape index (κ2) is 9.98. The van der Waals surface area contributed by atoms with Crippen molar-refractivity contribution in [1.82, 2.24) is 0 Å². The first kappa shape index (κ1) is 20.7. The van der Waals surface area contributed by atoms with E-state index in [4.69, 9.17) is 14.2 Å². The number of hydrogen-bond acceptors (Lipinski definition) is 4. The normalized spacial score (nSPS) is 10.9. The van der Waals surface area contributed by atoms with Crippen LogP contribution in [0.1, 0.15) is 29.6 Å². The Morgan fingerprint density at radius 3 is 1.90 bits per heavy atom. The van der Waals surface area contributed by atoms with Crippen LogP contribution < -0.4 is 9.47 Å². The minimum Gasteiger partial charge on any atom is -0.494 e. The van der Waals surface area contributed by atoms with Gasteiger partial charge in [-0.1, -0.05) is 48.5 Å². The number of rotatable bonds is 9. The van der Waals surface area contributed by atoms with Crippen molar-refractivity contribution in [3.8, 4) is 11.5 Å². The fourth-order valence-corrected chi connectivity index (χ4v) is 3.68. The molecule has 0 radical (unpaired) electrons. The Balaban J connectivity index is 1.27. The number of ether oxygens (including phenoxy) is 3. The summed E-state index contributed by atoms with van der Waals surface area (Å²) in [6.07, 6.45) is 2.92. The molecule has 4 heteroatoms. The van der Waals surface area contributed by atoms with Gasteiger partial charge in [-0.25, -0.2) is 4.79 Å². The number of hydrogen-bond donors (Lipinski definition) is 0. The Labute approximate surface area is 182 Å². The number of carbonyl (C=O) groups excluding carboxylic acids is 1. The van der Waals surface area contributed by atoms with Gasteiger partial charge in [0.1, 0.15) is 11.5 Å². The molecule has 0 spiro atoms. The van der Waals surface area contributed by atoms with Gasteiger partial charge in [0.2, 0.25) is 0 Å². The summed E-state index contributed by atoms with van der Waals surface area (Å²) in [6.45, 7) is 1.31. The minimum atomic E-state index is -0.342. The van der Waals surface area contributed by atoms with Gasteiger partial charge in [-0.05, 0) is 60.4 Å². The van der Waals surface area contributed by atoms with Gasteiger partial charge in [0.15, 0.2) is 0 Å². The first-order chi connectivity index (χ1) is 15.3. The van der Waals surface area contributed by atoms with E-state index in [9.17, 15) is 4.79 Å². The molecule has 0 N–H and O–H groups in total. The summed E-state index contributed by atoms with van der Waals surface area (Å²) >= 11 is 0. The predicted molar refractivity (Wildman–Crippen MR) is 124 cm³/mol. The van der Waals surface area contributed by atoms with Crippen LogP contribution in [0.4, 0.5) is 0 Å². The Hall–Kier alpha value is -3.53. The zero-order valence-corrected chi connectivity index (χ0v) is 17.7. The standard InChI is InChI=1S/C27H26O4/c1-29-27(28)20-13-15-23(16-14-20)30-17-7-2-8-18-31-26-24-11-5-3-9-21(24)19-22-10-4-6-12-25(22)26/h3-6,9-16,19H,2,7-8,17-18H2,1H3. The Morgan fingerprint density at radius 2 is 1.29 bits per heavy atom. The van der Waals surface area contributed by atoms with Gasteiger partial charge in [0, 0.05) is 10.8 Å². The van der Waals surface area contributed by atoms with Gasteiger partial charge in [-0.15, -0.1) is 0 Å². The predicted octanol–water partition coefficient (Wildman–Crippen LogP) is 6.41. The first-order valence-corrected chi connectivity index (χ1v) is 10.6. The third-order valence-electron chi connectivity index (χ3n) is 5.30. The van der Waals surface area contributed by atoms with E-state index in [2.05, 4.69) is 54.6 Å². The van der Waals surface area contributed by atoms with Gasteiger partial charge < -0.3 is 14.2 Å². The van der Waals surface area contributed by atoms with Crippen LogP contribution in [0.15, 0.2) is 78.9 Å². The number of methoxy groups -OCH3 is 1. The van der Waals surface area contributed by atoms with Gasteiger partial charge >= 0.3 is 5.97 Å². The topological polar surface area (TPSA) is 44.8 Å². The van der Waals surface area contributed by atoms with Crippen LogP contribution in [-0.4, -0.2) is 26.3 Å². The molecule has 0 saturated carbocycles. The van der Waals surface area contributed by atoms with Crippen LogP contribution in [-0.2, 0) is 4.74 Å². The largest absolute Gasteiger partial charge is 0.494 e. The molecule has 0 bridgehead atoms. The van der Waals surface area contributed by atoms with Crippen molar-refractivity contribution < 1.29 is 19.0 Å². The molecule has 0 unspecified atom stereocenters. The van der Waals surface area contributed by atoms with E-state index in [-0.39, 0.29) is 5.97 Å². The molecule has 0 aliphatic rings. The molecule has 0 aliphatic carbocycles. The molecular weight excluding hydrogens is 388 g/mol. The van der Waals surface area contributed by atoms with Crippen LogP contribution in [0, 0.1) is 0 Å². The summed E-state index contributed by atoms with van der Waals surface area (Å²) in [5, 5.41) is 4.70. The molecule has 158 valence electrons. The van der Waals surface area contributed by atoms with E-state index in [1.54, 1.807) is 24.3 Å². The SMILES string of the molecule is COC(=O)c1ccc(OCCCCCOc2c3ccccc3cc3ccccc23)cc1. The Bertz CT molecular complexity index is 1110. The molecule has 0 amide bonds. The quantitative estimate of drug-likeness (QED) is 0.180. The molecule has 0 saturated heterocycles. The summed E-state index contributed by atoms with van der Waals surface area (Å²) in [6, 6.07) is 26.0. The van der Waals surface area contributed by atoms with Crippen molar-refractivity contribution in [2.24, 2.45) is 0 Å². The van der Waals surface area contributed by atoms with E-state index in [0.717, 1.165) is 41.5 Å². The molecule has 0 aliphatic heterocycles. The van der Waals surface area contributed by atoms with Crippen LogP contribution in [0.25, 0.3) is 21.5 Å². The van der Waals surface area contributed by atoms with Crippen LogP contribution in [0.2, 0.25) is 0 Å². The number of esters is 1. The summed E-state index contributed by atoms with van der Waals surface area (Å²) in [7, 11) is 1.37. The lowest BCUT2D eigenvalue weighted by Gasteiger charge is -2.13. The van der Waals surface area contributed by atoms with E-state index < -0.39 is 0 Å². The summed E-state index contributed by atoms with van der Waals surface area (Å²) in [4.78, 5) is 11.5. The number of benzene rings is 4. The lowest BCUT2D eigenvalue weighted by Crippen LogP contribution is -2.03. The Morgan fingerprint density at radius 1 is 0.710 bits per heavy atom. The lowest BCUT2D eigenvalue weighted by molar-refractivity contribution is 0.0600. The van der Waals surface area contributed by atoms with Gasteiger partial charge in [0.05, 0.1) is 25.9 Å². The van der Waals surface area contributed by atoms with Crippen molar-refractivity contribution in [3.05, 3.63) is 84.4 Å². The third kappa shape index (κ3) is 4.97. The Kier molecular flexibility index (Phi) is 6.68. The zero-order chi connectivity index (χ0) is 21.5. The smallest absolute Gasteiger partial charge is 0.337 e. The maximum absolute atomic E-state index is 11.5. The fraction of sp³-hybridized carbons (Fsp3) is 0.222. The number of fused-ring (bicyclic) bond motifs is 2. The lowest BCUT2D eigenvalue weighted by atomic mass is 10.0. The monoisotopic (exact) mass is 414 g/mol. The zero-order valence-electron chi connectivity index (χ0n) is 17.7. The first-order valence-electron chi connectivity index (χ1n) is 10.6. The molecule has 4 aromatic carbocycles. The number of carbonyl (C=O) groups is 1. The maximum Gasteiger partial charge on any atom is 0.337 e. The van der Waals surface area contributed by atoms with Crippen molar-refractivity contribution in [3.63, 3.8) is 0 Å². The maximum atomic E-state index is 11.5. The van der Waals surface area contributed by atoms with Gasteiger partial charge in [-0.3, -0.25) is 0 Å². The van der Waals surface area contributed by atoms with Crippen LogP contribution in [0.5, 0.6) is 11.5 Å². The van der Waals surface area contributed by atoms with Crippen molar-refractivity contribution in [2.75, 3.05) is 20.3 Å². The highest BCUT2D eigenvalue weighted by Gasteiger charge is 2.08. The van der Waals surface area contributed by atoms with Crippen LogP contribution in [0.3, 0.4) is 0 Å². The highest BCUT2D eigenvalue weighted by Crippen LogP contribution is 2.34. The third-order valence-corrected chi connectivity index (χ3v) is 5.30.